The van der Waals surface area contributed by atoms with Gasteiger partial charge in [0.05, 0.1) is 6.54 Å². The summed E-state index contributed by atoms with van der Waals surface area (Å²) in [5.41, 5.74) is 1.48. The van der Waals surface area contributed by atoms with Crippen LogP contribution in [0.2, 0.25) is 0 Å². The fourth-order valence-corrected chi connectivity index (χ4v) is 3.30. The highest BCUT2D eigenvalue weighted by Gasteiger charge is 2.34. The number of hydrogen-bond acceptors (Lipinski definition) is 2. The monoisotopic (exact) mass is 346 g/mol. The number of likely N-dealkylation sites (tertiary alicyclic amines) is 1. The lowest BCUT2D eigenvalue weighted by Crippen LogP contribution is -2.45. The Bertz CT molecular complexity index is 446. The zero-order valence-corrected chi connectivity index (χ0v) is 14.5. The summed E-state index contributed by atoms with van der Waals surface area (Å²) < 4.78 is 37.4. The maximum atomic E-state index is 12.5. The summed E-state index contributed by atoms with van der Waals surface area (Å²) in [6.45, 7) is 3.52. The standard InChI is InChI=1S/C17H29F3N4/c1-2-21-16(22-10-8-14-6-4-3-5-7-14)23-15-9-11-24(12-15)13-17(18,19)20/h6,15H,2-5,7-13H2,1H3,(H2,21,22,23). The first-order chi connectivity index (χ1) is 11.5. The molecule has 1 heterocycles. The summed E-state index contributed by atoms with van der Waals surface area (Å²) in [6.07, 6.45) is 4.79. The van der Waals surface area contributed by atoms with Crippen LogP contribution in [-0.2, 0) is 0 Å². The van der Waals surface area contributed by atoms with Crippen LogP contribution in [0.1, 0.15) is 45.4 Å². The minimum absolute atomic E-state index is 0.0269. The number of alkyl halides is 3. The third-order valence-electron chi connectivity index (χ3n) is 4.45. The first kappa shape index (κ1) is 19.1. The van der Waals surface area contributed by atoms with Crippen LogP contribution < -0.4 is 10.6 Å². The van der Waals surface area contributed by atoms with Gasteiger partial charge in [0.2, 0.25) is 0 Å². The van der Waals surface area contributed by atoms with Gasteiger partial charge in [-0.3, -0.25) is 9.89 Å². The van der Waals surface area contributed by atoms with Crippen molar-refractivity contribution in [1.29, 1.82) is 0 Å². The predicted octanol–water partition coefficient (Wildman–Crippen LogP) is 3.07. The first-order valence-electron chi connectivity index (χ1n) is 8.98. The average Bonchev–Trinajstić information content (AvgIpc) is 2.93. The maximum Gasteiger partial charge on any atom is 0.401 e. The lowest BCUT2D eigenvalue weighted by Gasteiger charge is -2.20. The lowest BCUT2D eigenvalue weighted by atomic mass is 9.97. The third-order valence-corrected chi connectivity index (χ3v) is 4.45. The van der Waals surface area contributed by atoms with Gasteiger partial charge >= 0.3 is 6.18 Å². The van der Waals surface area contributed by atoms with Gasteiger partial charge in [0.15, 0.2) is 5.96 Å². The molecule has 2 rings (SSSR count). The highest BCUT2D eigenvalue weighted by molar-refractivity contribution is 5.80. The summed E-state index contributed by atoms with van der Waals surface area (Å²) in [7, 11) is 0. The summed E-state index contributed by atoms with van der Waals surface area (Å²) >= 11 is 0. The van der Waals surface area contributed by atoms with Crippen LogP contribution in [0.3, 0.4) is 0 Å². The largest absolute Gasteiger partial charge is 0.401 e. The van der Waals surface area contributed by atoms with Gasteiger partial charge in [-0.1, -0.05) is 11.6 Å². The molecule has 7 heteroatoms. The van der Waals surface area contributed by atoms with E-state index in [1.54, 1.807) is 0 Å². The molecule has 0 saturated carbocycles. The second kappa shape index (κ2) is 9.30. The highest BCUT2D eigenvalue weighted by Crippen LogP contribution is 2.21. The molecule has 1 unspecified atom stereocenters. The molecule has 0 spiro atoms. The molecule has 1 saturated heterocycles. The van der Waals surface area contributed by atoms with Crippen molar-refractivity contribution in [3.8, 4) is 0 Å². The molecule has 0 radical (unpaired) electrons. The van der Waals surface area contributed by atoms with Crippen LogP contribution in [0.4, 0.5) is 13.2 Å². The number of guanidine groups is 1. The maximum absolute atomic E-state index is 12.5. The van der Waals surface area contributed by atoms with E-state index in [0.29, 0.717) is 25.5 Å². The molecule has 1 fully saturated rings. The number of nitrogens with zero attached hydrogens (tertiary/aromatic N) is 2. The normalized spacial score (nSPS) is 23.2. The minimum Gasteiger partial charge on any atom is -0.357 e. The summed E-state index contributed by atoms with van der Waals surface area (Å²) in [5.74, 6) is 0.716. The molecule has 24 heavy (non-hydrogen) atoms. The molecule has 0 amide bonds. The Labute approximate surface area is 142 Å². The predicted molar refractivity (Wildman–Crippen MR) is 91.2 cm³/mol. The molecule has 4 nitrogen and oxygen atoms in total. The van der Waals surface area contributed by atoms with E-state index in [1.165, 1.54) is 36.2 Å². The SMILES string of the molecule is CCNC(=NCCC1=CCCCC1)NC1CCN(CC(F)(F)F)C1. The summed E-state index contributed by atoms with van der Waals surface area (Å²) in [6, 6.07) is 0.0269. The Morgan fingerprint density at radius 3 is 2.88 bits per heavy atom. The van der Waals surface area contributed by atoms with E-state index in [1.807, 2.05) is 6.92 Å². The Morgan fingerprint density at radius 2 is 2.21 bits per heavy atom. The van der Waals surface area contributed by atoms with Gasteiger partial charge in [-0.25, -0.2) is 0 Å². The third kappa shape index (κ3) is 7.11. The van der Waals surface area contributed by atoms with Crippen molar-refractivity contribution in [2.45, 2.75) is 57.7 Å². The Morgan fingerprint density at radius 1 is 1.38 bits per heavy atom. The van der Waals surface area contributed by atoms with Crippen LogP contribution in [-0.4, -0.2) is 55.8 Å². The second-order valence-corrected chi connectivity index (χ2v) is 6.60. The van der Waals surface area contributed by atoms with Crippen molar-refractivity contribution in [3.63, 3.8) is 0 Å². The molecule has 0 aromatic heterocycles. The van der Waals surface area contributed by atoms with Crippen LogP contribution >= 0.6 is 0 Å². The Balaban J connectivity index is 1.78. The van der Waals surface area contributed by atoms with Crippen molar-refractivity contribution < 1.29 is 13.2 Å². The van der Waals surface area contributed by atoms with Crippen molar-refractivity contribution in [2.24, 2.45) is 4.99 Å². The molecule has 1 aliphatic heterocycles. The smallest absolute Gasteiger partial charge is 0.357 e. The quantitative estimate of drug-likeness (QED) is 0.441. The van der Waals surface area contributed by atoms with Crippen molar-refractivity contribution >= 4 is 5.96 Å². The molecular weight excluding hydrogens is 317 g/mol. The molecule has 2 N–H and O–H groups in total. The molecule has 0 aromatic rings. The van der Waals surface area contributed by atoms with Gasteiger partial charge in [0.1, 0.15) is 0 Å². The van der Waals surface area contributed by atoms with E-state index < -0.39 is 12.7 Å². The fourth-order valence-electron chi connectivity index (χ4n) is 3.30. The first-order valence-corrected chi connectivity index (χ1v) is 8.98. The van der Waals surface area contributed by atoms with E-state index in [9.17, 15) is 13.2 Å². The number of nitrogens with one attached hydrogen (secondary N) is 2. The lowest BCUT2D eigenvalue weighted by molar-refractivity contribution is -0.143. The molecule has 138 valence electrons. The number of aliphatic imine (C=N–C) groups is 1. The number of halogens is 3. The van der Waals surface area contributed by atoms with Crippen LogP contribution in [0.15, 0.2) is 16.6 Å². The van der Waals surface area contributed by atoms with E-state index >= 15 is 0 Å². The van der Waals surface area contributed by atoms with E-state index in [-0.39, 0.29) is 6.04 Å². The molecule has 2 aliphatic rings. The van der Waals surface area contributed by atoms with Gasteiger partial charge in [-0.15, -0.1) is 0 Å². The van der Waals surface area contributed by atoms with Crippen LogP contribution in [0, 0.1) is 0 Å². The van der Waals surface area contributed by atoms with Gasteiger partial charge in [-0.2, -0.15) is 13.2 Å². The van der Waals surface area contributed by atoms with Gasteiger partial charge in [-0.05, 0) is 45.4 Å². The van der Waals surface area contributed by atoms with Crippen molar-refractivity contribution in [3.05, 3.63) is 11.6 Å². The average molecular weight is 346 g/mol. The molecule has 1 atom stereocenters. The van der Waals surface area contributed by atoms with Gasteiger partial charge in [0.25, 0.3) is 0 Å². The van der Waals surface area contributed by atoms with E-state index in [0.717, 1.165) is 19.5 Å². The molecule has 1 aliphatic carbocycles. The van der Waals surface area contributed by atoms with E-state index in [2.05, 4.69) is 21.7 Å². The highest BCUT2D eigenvalue weighted by atomic mass is 19.4. The van der Waals surface area contributed by atoms with Crippen LogP contribution in [0.25, 0.3) is 0 Å². The second-order valence-electron chi connectivity index (χ2n) is 6.60. The Hall–Kier alpha value is -1.24. The number of allylic oxidation sites excluding steroid dienone is 1. The van der Waals surface area contributed by atoms with E-state index in [4.69, 9.17) is 0 Å². The zero-order chi connectivity index (χ0) is 17.4. The zero-order valence-electron chi connectivity index (χ0n) is 14.5. The molecule has 0 aromatic carbocycles. The summed E-state index contributed by atoms with van der Waals surface area (Å²) in [4.78, 5) is 6.04. The van der Waals surface area contributed by atoms with Gasteiger partial charge < -0.3 is 10.6 Å². The molecule has 0 bridgehead atoms. The number of hydrogen-bond donors (Lipinski definition) is 2. The summed E-state index contributed by atoms with van der Waals surface area (Å²) in [5, 5.41) is 6.47. The number of rotatable bonds is 6. The topological polar surface area (TPSA) is 39.7 Å². The van der Waals surface area contributed by atoms with Crippen molar-refractivity contribution in [2.75, 3.05) is 32.7 Å². The fraction of sp³-hybridized carbons (Fsp3) is 0.824. The van der Waals surface area contributed by atoms with Crippen molar-refractivity contribution in [1.82, 2.24) is 15.5 Å². The molecular formula is C17H29F3N4. The minimum atomic E-state index is -4.12. The van der Waals surface area contributed by atoms with Gasteiger partial charge in [0, 0.05) is 32.2 Å². The van der Waals surface area contributed by atoms with Crippen LogP contribution in [0.5, 0.6) is 0 Å². The Kier molecular flexibility index (Phi) is 7.40.